The zero-order valence-corrected chi connectivity index (χ0v) is 7.27. The summed E-state index contributed by atoms with van der Waals surface area (Å²) in [5, 5.41) is 0. The second kappa shape index (κ2) is 3.31. The Morgan fingerprint density at radius 1 is 0.692 bits per heavy atom. The summed E-state index contributed by atoms with van der Waals surface area (Å²) in [5.74, 6) is 0. The molecule has 66 valence electrons. The van der Waals surface area contributed by atoms with Crippen molar-refractivity contribution in [2.45, 2.75) is 0 Å². The molecule has 0 unspecified atom stereocenters. The topological polar surface area (TPSA) is 26.0 Å². The predicted octanol–water partition coefficient (Wildman–Crippen LogP) is 3.18. The molecule has 0 saturated heterocycles. The van der Waals surface area contributed by atoms with Gasteiger partial charge in [0.1, 0.15) is 0 Å². The third-order valence-electron chi connectivity index (χ3n) is 2.02. The molecule has 0 radical (unpaired) electrons. The summed E-state index contributed by atoms with van der Waals surface area (Å²) in [6.45, 7) is 0. The Kier molecular flexibility index (Phi) is 2.01. The van der Waals surface area contributed by atoms with Gasteiger partial charge in [-0.05, 0) is 23.3 Å². The number of nitrogens with two attached hydrogens (primary N) is 1. The molecule has 0 aromatic heterocycles. The Morgan fingerprint density at radius 2 is 1.23 bits per heavy atom. The van der Waals surface area contributed by atoms with E-state index in [1.807, 2.05) is 42.5 Å². The van der Waals surface area contributed by atoms with Crippen LogP contribution in [0.25, 0.3) is 11.1 Å². The zero-order valence-electron chi connectivity index (χ0n) is 7.27. The van der Waals surface area contributed by atoms with Crippen molar-refractivity contribution in [3.63, 3.8) is 0 Å². The van der Waals surface area contributed by atoms with E-state index in [9.17, 15) is 0 Å². The van der Waals surface area contributed by atoms with Crippen LogP contribution in [0.4, 0.5) is 5.69 Å². The van der Waals surface area contributed by atoms with Crippen molar-refractivity contribution in [3.05, 3.63) is 54.6 Å². The van der Waals surface area contributed by atoms with Crippen LogP contribution in [0.5, 0.6) is 0 Å². The molecule has 2 N–H and O–H groups in total. The molecule has 0 saturated carbocycles. The molecule has 0 amide bonds. The van der Waals surface area contributed by atoms with Gasteiger partial charge in [0.2, 0.25) is 0 Å². The zero-order chi connectivity index (χ0) is 9.10. The van der Waals surface area contributed by atoms with Gasteiger partial charge in [-0.15, -0.1) is 0 Å². The van der Waals surface area contributed by atoms with Gasteiger partial charge in [-0.2, -0.15) is 0 Å². The maximum Gasteiger partial charge on any atom is 0.0314 e. The van der Waals surface area contributed by atoms with Crippen LogP contribution in [0.3, 0.4) is 0 Å². The van der Waals surface area contributed by atoms with Crippen LogP contribution in [-0.2, 0) is 0 Å². The van der Waals surface area contributed by atoms with Crippen LogP contribution in [-0.4, -0.2) is 0 Å². The van der Waals surface area contributed by atoms with Crippen molar-refractivity contribution in [2.24, 2.45) is 0 Å². The second-order valence-corrected chi connectivity index (χ2v) is 2.99. The number of hydrogen-bond acceptors (Lipinski definition) is 1. The SMILES string of the molecule is Nc1ccc(-c2ccccc2)cc1.[HH]. The Bertz CT molecular complexity index is 381. The maximum absolute atomic E-state index is 5.60. The minimum absolute atomic E-state index is 0. The van der Waals surface area contributed by atoms with E-state index in [4.69, 9.17) is 5.73 Å². The summed E-state index contributed by atoms with van der Waals surface area (Å²) in [7, 11) is 0. The van der Waals surface area contributed by atoms with Crippen molar-refractivity contribution in [1.82, 2.24) is 0 Å². The van der Waals surface area contributed by atoms with E-state index in [2.05, 4.69) is 12.1 Å². The smallest absolute Gasteiger partial charge is 0.0314 e. The Morgan fingerprint density at radius 3 is 1.85 bits per heavy atom. The van der Waals surface area contributed by atoms with Crippen molar-refractivity contribution < 1.29 is 1.43 Å². The summed E-state index contributed by atoms with van der Waals surface area (Å²) < 4.78 is 0. The Balaban J connectivity index is 0.000000980. The van der Waals surface area contributed by atoms with Crippen LogP contribution in [0, 0.1) is 0 Å². The van der Waals surface area contributed by atoms with E-state index < -0.39 is 0 Å². The van der Waals surface area contributed by atoms with E-state index in [1.165, 1.54) is 11.1 Å². The summed E-state index contributed by atoms with van der Waals surface area (Å²) in [5.41, 5.74) is 8.84. The van der Waals surface area contributed by atoms with E-state index >= 15 is 0 Å². The first kappa shape index (κ1) is 7.87. The number of anilines is 1. The maximum atomic E-state index is 5.60. The molecule has 2 rings (SSSR count). The normalized spacial score (nSPS) is 9.85. The van der Waals surface area contributed by atoms with Gasteiger partial charge in [-0.3, -0.25) is 0 Å². The van der Waals surface area contributed by atoms with Crippen LogP contribution in [0.1, 0.15) is 1.43 Å². The van der Waals surface area contributed by atoms with E-state index in [-0.39, 0.29) is 1.43 Å². The minimum atomic E-state index is 0. The number of nitrogen functional groups attached to an aromatic ring is 1. The molecule has 0 bridgehead atoms. The molecular weight excluding hydrogens is 158 g/mol. The lowest BCUT2D eigenvalue weighted by atomic mass is 10.1. The molecule has 1 nitrogen and oxygen atoms in total. The Labute approximate surface area is 79.3 Å². The fraction of sp³-hybridized carbons (Fsp3) is 0. The van der Waals surface area contributed by atoms with Crippen molar-refractivity contribution in [1.29, 1.82) is 0 Å². The molecule has 0 heterocycles. The highest BCUT2D eigenvalue weighted by molar-refractivity contribution is 5.65. The van der Waals surface area contributed by atoms with Gasteiger partial charge in [-0.1, -0.05) is 42.5 Å². The summed E-state index contributed by atoms with van der Waals surface area (Å²) >= 11 is 0. The number of hydrogen-bond donors (Lipinski definition) is 1. The van der Waals surface area contributed by atoms with Crippen molar-refractivity contribution in [3.8, 4) is 11.1 Å². The molecule has 1 heteroatoms. The fourth-order valence-electron chi connectivity index (χ4n) is 1.31. The molecule has 13 heavy (non-hydrogen) atoms. The molecule has 0 fully saturated rings. The minimum Gasteiger partial charge on any atom is -0.399 e. The lowest BCUT2D eigenvalue weighted by Crippen LogP contribution is -1.83. The number of rotatable bonds is 1. The van der Waals surface area contributed by atoms with Crippen molar-refractivity contribution >= 4 is 5.69 Å². The standard InChI is InChI=1S/C12H11N.H2/c13-12-8-6-11(7-9-12)10-4-2-1-3-5-10;/h1-9H,13H2;1H. The highest BCUT2D eigenvalue weighted by atomic mass is 14.5. The first-order valence-corrected chi connectivity index (χ1v) is 4.27. The third-order valence-corrected chi connectivity index (χ3v) is 2.02. The van der Waals surface area contributed by atoms with Crippen LogP contribution in [0.2, 0.25) is 0 Å². The van der Waals surface area contributed by atoms with Gasteiger partial charge >= 0.3 is 0 Å². The molecule has 2 aromatic carbocycles. The molecular formula is C12H13N. The lowest BCUT2D eigenvalue weighted by Gasteiger charge is -2.00. The third kappa shape index (κ3) is 1.70. The molecule has 0 aliphatic rings. The average Bonchev–Trinajstić information content (AvgIpc) is 2.20. The Hall–Kier alpha value is -1.76. The molecule has 0 aliphatic carbocycles. The van der Waals surface area contributed by atoms with Gasteiger partial charge in [0.05, 0.1) is 0 Å². The predicted molar refractivity (Wildman–Crippen MR) is 58.4 cm³/mol. The van der Waals surface area contributed by atoms with Crippen molar-refractivity contribution in [2.75, 3.05) is 5.73 Å². The lowest BCUT2D eigenvalue weighted by molar-refractivity contribution is 1.61. The second-order valence-electron chi connectivity index (χ2n) is 2.99. The highest BCUT2D eigenvalue weighted by Gasteiger charge is 1.94. The molecule has 0 spiro atoms. The van der Waals surface area contributed by atoms with Gasteiger partial charge in [0.15, 0.2) is 0 Å². The van der Waals surface area contributed by atoms with Gasteiger partial charge in [0.25, 0.3) is 0 Å². The van der Waals surface area contributed by atoms with Gasteiger partial charge in [-0.25, -0.2) is 0 Å². The fourth-order valence-corrected chi connectivity index (χ4v) is 1.31. The van der Waals surface area contributed by atoms with Crippen LogP contribution >= 0.6 is 0 Å². The molecule has 0 atom stereocenters. The first-order chi connectivity index (χ1) is 6.36. The number of benzene rings is 2. The van der Waals surface area contributed by atoms with E-state index in [0.29, 0.717) is 0 Å². The van der Waals surface area contributed by atoms with E-state index in [1.54, 1.807) is 0 Å². The van der Waals surface area contributed by atoms with Crippen LogP contribution < -0.4 is 5.73 Å². The monoisotopic (exact) mass is 171 g/mol. The van der Waals surface area contributed by atoms with Gasteiger partial charge < -0.3 is 5.73 Å². The highest BCUT2D eigenvalue weighted by Crippen LogP contribution is 2.19. The average molecular weight is 171 g/mol. The summed E-state index contributed by atoms with van der Waals surface area (Å²) in [6.07, 6.45) is 0. The van der Waals surface area contributed by atoms with E-state index in [0.717, 1.165) is 5.69 Å². The van der Waals surface area contributed by atoms with Crippen LogP contribution in [0.15, 0.2) is 54.6 Å². The first-order valence-electron chi connectivity index (χ1n) is 4.27. The molecule has 0 aliphatic heterocycles. The van der Waals surface area contributed by atoms with Gasteiger partial charge in [0, 0.05) is 7.11 Å². The largest absolute Gasteiger partial charge is 0.399 e. The summed E-state index contributed by atoms with van der Waals surface area (Å²) in [6, 6.07) is 18.2. The summed E-state index contributed by atoms with van der Waals surface area (Å²) in [4.78, 5) is 0. The quantitative estimate of drug-likeness (QED) is 0.655. The molecule has 2 aromatic rings.